The number of urea groups is 1. The minimum atomic E-state index is -0.137. The number of amides is 2. The maximum Gasteiger partial charge on any atom is 0.318 e. The Morgan fingerprint density at radius 2 is 1.60 bits per heavy atom. The average molecular weight is 484 g/mol. The molecule has 3 aromatic rings. The minimum absolute atomic E-state index is 0.00704. The normalized spacial score (nSPS) is 30.5. The molecule has 2 amide bonds. The van der Waals surface area contributed by atoms with Gasteiger partial charge in [-0.3, -0.25) is 0 Å². The number of rotatable bonds is 3. The molecule has 0 unspecified atom stereocenters. The number of nitrogens with zero attached hydrogens (tertiary/aromatic N) is 2. The standard InChI is InChI=1S/C30H33N3OS/c1-35-25-10-8-23(9-11-25)28-27-7-4-12-32(27)26-6-3-2-5-24(26)19-33(28)29(34)31-30-16-20-13-21(17-30)15-22(14-20)18-30/h2-12,20-22,28H,13-19H2,1H3,(H,31,34)/t20?,21?,22?,28-,30?/m0/s1. The van der Waals surface area contributed by atoms with Gasteiger partial charge >= 0.3 is 6.03 Å². The van der Waals surface area contributed by atoms with E-state index in [0.717, 1.165) is 29.0 Å². The number of carbonyl (C=O) groups excluding carboxylic acids is 1. The molecule has 2 aromatic carbocycles. The van der Waals surface area contributed by atoms with E-state index >= 15 is 0 Å². The van der Waals surface area contributed by atoms with Gasteiger partial charge < -0.3 is 14.8 Å². The van der Waals surface area contributed by atoms with E-state index in [4.69, 9.17) is 0 Å². The maximum absolute atomic E-state index is 14.3. The number of carbonyl (C=O) groups is 1. The zero-order valence-corrected chi connectivity index (χ0v) is 21.1. The number of hydrogen-bond donors (Lipinski definition) is 1. The van der Waals surface area contributed by atoms with Gasteiger partial charge in [0.05, 0.1) is 18.3 Å². The van der Waals surface area contributed by atoms with Crippen molar-refractivity contribution in [2.45, 2.75) is 61.5 Å². The third-order valence-corrected chi connectivity index (χ3v) is 9.81. The van der Waals surface area contributed by atoms with Crippen LogP contribution in [0.25, 0.3) is 5.69 Å². The van der Waals surface area contributed by atoms with Crippen LogP contribution in [0.1, 0.15) is 61.4 Å². The summed E-state index contributed by atoms with van der Waals surface area (Å²) in [6, 6.07) is 21.5. The zero-order valence-electron chi connectivity index (χ0n) is 20.3. The molecule has 4 fully saturated rings. The molecule has 4 aliphatic carbocycles. The molecular weight excluding hydrogens is 450 g/mol. The second-order valence-electron chi connectivity index (χ2n) is 11.4. The molecule has 2 heterocycles. The number of fused-ring (bicyclic) bond motifs is 3. The van der Waals surface area contributed by atoms with Crippen LogP contribution in [0, 0.1) is 17.8 Å². The highest BCUT2D eigenvalue weighted by molar-refractivity contribution is 7.98. The van der Waals surface area contributed by atoms with Crippen LogP contribution in [0.15, 0.2) is 71.8 Å². The van der Waals surface area contributed by atoms with Gasteiger partial charge in [-0.25, -0.2) is 4.79 Å². The molecule has 180 valence electrons. The molecule has 0 spiro atoms. The Labute approximate surface area is 212 Å². The molecule has 4 nitrogen and oxygen atoms in total. The molecule has 1 N–H and O–H groups in total. The van der Waals surface area contributed by atoms with Crippen molar-refractivity contribution in [2.75, 3.05) is 6.26 Å². The minimum Gasteiger partial charge on any atom is -0.332 e. The fourth-order valence-electron chi connectivity index (χ4n) is 8.04. The smallest absolute Gasteiger partial charge is 0.318 e. The van der Waals surface area contributed by atoms with E-state index in [-0.39, 0.29) is 17.6 Å². The number of nitrogens with one attached hydrogen (secondary N) is 1. The van der Waals surface area contributed by atoms with Gasteiger partial charge in [0.15, 0.2) is 0 Å². The van der Waals surface area contributed by atoms with Crippen molar-refractivity contribution in [1.29, 1.82) is 0 Å². The van der Waals surface area contributed by atoms with E-state index in [1.165, 1.54) is 54.7 Å². The highest BCUT2D eigenvalue weighted by atomic mass is 32.2. The van der Waals surface area contributed by atoms with Gasteiger partial charge in [0, 0.05) is 22.3 Å². The summed E-state index contributed by atoms with van der Waals surface area (Å²) in [6.45, 7) is 0.602. The molecule has 0 radical (unpaired) electrons. The van der Waals surface area contributed by atoms with Crippen LogP contribution in [0.3, 0.4) is 0 Å². The largest absolute Gasteiger partial charge is 0.332 e. The molecule has 1 aliphatic heterocycles. The fraction of sp³-hybridized carbons (Fsp3) is 0.433. The van der Waals surface area contributed by atoms with Crippen LogP contribution < -0.4 is 5.32 Å². The zero-order chi connectivity index (χ0) is 23.6. The first-order valence-corrected chi connectivity index (χ1v) is 14.3. The summed E-state index contributed by atoms with van der Waals surface area (Å²) in [6.07, 6.45) is 11.9. The van der Waals surface area contributed by atoms with Gasteiger partial charge in [0.2, 0.25) is 0 Å². The SMILES string of the molecule is CSc1ccc([C@H]2c3cccn3-c3ccccc3CN2C(=O)NC23CC4CC(CC(C4)C2)C3)cc1. The lowest BCUT2D eigenvalue weighted by molar-refractivity contribution is -0.0163. The Morgan fingerprint density at radius 1 is 0.914 bits per heavy atom. The highest BCUT2D eigenvalue weighted by Gasteiger charge is 2.52. The molecule has 1 atom stereocenters. The van der Waals surface area contributed by atoms with Gasteiger partial charge in [0.25, 0.3) is 0 Å². The van der Waals surface area contributed by atoms with Gasteiger partial charge in [-0.1, -0.05) is 30.3 Å². The Hall–Kier alpha value is -2.66. The summed E-state index contributed by atoms with van der Waals surface area (Å²) in [4.78, 5) is 17.6. The summed E-state index contributed by atoms with van der Waals surface area (Å²) in [5, 5.41) is 3.67. The van der Waals surface area contributed by atoms with Crippen LogP contribution in [-0.4, -0.2) is 27.3 Å². The van der Waals surface area contributed by atoms with Crippen LogP contribution >= 0.6 is 11.8 Å². The summed E-state index contributed by atoms with van der Waals surface area (Å²) < 4.78 is 2.28. The van der Waals surface area contributed by atoms with Gasteiger partial charge in [-0.15, -0.1) is 11.8 Å². The van der Waals surface area contributed by atoms with Crippen LogP contribution in [0.4, 0.5) is 4.79 Å². The van der Waals surface area contributed by atoms with E-state index in [0.29, 0.717) is 6.54 Å². The van der Waals surface area contributed by atoms with E-state index in [9.17, 15) is 4.79 Å². The number of benzene rings is 2. The summed E-state index contributed by atoms with van der Waals surface area (Å²) >= 11 is 1.75. The van der Waals surface area contributed by atoms with Crippen molar-refractivity contribution < 1.29 is 4.79 Å². The molecule has 35 heavy (non-hydrogen) atoms. The second kappa shape index (κ2) is 8.19. The fourth-order valence-corrected chi connectivity index (χ4v) is 8.45. The molecule has 4 bridgehead atoms. The first-order chi connectivity index (χ1) is 17.1. The second-order valence-corrected chi connectivity index (χ2v) is 12.2. The molecule has 1 aromatic heterocycles. The van der Waals surface area contributed by atoms with E-state index in [1.807, 2.05) is 0 Å². The number of hydrogen-bond acceptors (Lipinski definition) is 2. The molecule has 5 aliphatic rings. The Balaban J connectivity index is 1.30. The van der Waals surface area contributed by atoms with Crippen molar-refractivity contribution in [3.05, 3.63) is 83.7 Å². The highest BCUT2D eigenvalue weighted by Crippen LogP contribution is 2.55. The van der Waals surface area contributed by atoms with Gasteiger partial charge in [-0.05, 0) is 104 Å². The summed E-state index contributed by atoms with van der Waals surface area (Å²) in [5.41, 5.74) is 4.66. The summed E-state index contributed by atoms with van der Waals surface area (Å²) in [7, 11) is 0. The van der Waals surface area contributed by atoms with Crippen LogP contribution in [-0.2, 0) is 6.54 Å². The molecule has 0 saturated heterocycles. The Bertz CT molecular complexity index is 1230. The van der Waals surface area contributed by atoms with Crippen molar-refractivity contribution in [3.63, 3.8) is 0 Å². The number of para-hydroxylation sites is 1. The monoisotopic (exact) mass is 483 g/mol. The predicted molar refractivity (Wildman–Crippen MR) is 141 cm³/mol. The molecular formula is C30H33N3OS. The van der Waals surface area contributed by atoms with Crippen molar-refractivity contribution in [2.24, 2.45) is 17.8 Å². The Kier molecular flexibility index (Phi) is 5.06. The predicted octanol–water partition coefficient (Wildman–Crippen LogP) is 6.78. The average Bonchev–Trinajstić information content (AvgIpc) is 3.27. The van der Waals surface area contributed by atoms with Gasteiger partial charge in [-0.2, -0.15) is 0 Å². The lowest BCUT2D eigenvalue weighted by Crippen LogP contribution is -2.62. The van der Waals surface area contributed by atoms with E-state index in [1.54, 1.807) is 11.8 Å². The number of thioether (sulfide) groups is 1. The van der Waals surface area contributed by atoms with Crippen LogP contribution in [0.2, 0.25) is 0 Å². The first kappa shape index (κ1) is 21.6. The lowest BCUT2D eigenvalue weighted by Gasteiger charge is -2.57. The van der Waals surface area contributed by atoms with Crippen molar-refractivity contribution in [1.82, 2.24) is 14.8 Å². The molecule has 5 heteroatoms. The molecule has 8 rings (SSSR count). The van der Waals surface area contributed by atoms with E-state index < -0.39 is 0 Å². The topological polar surface area (TPSA) is 37.3 Å². The van der Waals surface area contributed by atoms with Crippen molar-refractivity contribution in [3.8, 4) is 5.69 Å². The third-order valence-electron chi connectivity index (χ3n) is 9.07. The lowest BCUT2D eigenvalue weighted by atomic mass is 9.53. The quantitative estimate of drug-likeness (QED) is 0.417. The first-order valence-electron chi connectivity index (χ1n) is 13.1. The maximum atomic E-state index is 14.3. The van der Waals surface area contributed by atoms with Gasteiger partial charge in [0.1, 0.15) is 0 Å². The van der Waals surface area contributed by atoms with E-state index in [2.05, 4.69) is 87.9 Å². The number of aromatic nitrogens is 1. The van der Waals surface area contributed by atoms with Crippen LogP contribution in [0.5, 0.6) is 0 Å². The Morgan fingerprint density at radius 3 is 2.29 bits per heavy atom. The molecule has 4 saturated carbocycles. The third kappa shape index (κ3) is 3.62. The summed E-state index contributed by atoms with van der Waals surface area (Å²) in [5.74, 6) is 2.41. The van der Waals surface area contributed by atoms with Crippen molar-refractivity contribution >= 4 is 17.8 Å².